The number of morpholine rings is 1. The van der Waals surface area contributed by atoms with E-state index in [0.717, 1.165) is 80.3 Å². The number of nitrogens with one attached hydrogen (secondary N) is 1. The normalized spacial score (nSPS) is 17.2. The molecule has 0 bridgehead atoms. The zero-order chi connectivity index (χ0) is 27.0. The predicted octanol–water partition coefficient (Wildman–Crippen LogP) is 2.44. The van der Waals surface area contributed by atoms with Gasteiger partial charge in [-0.2, -0.15) is 0 Å². The van der Waals surface area contributed by atoms with E-state index in [9.17, 15) is 9.59 Å². The molecule has 2 aliphatic rings. The van der Waals surface area contributed by atoms with Crippen LogP contribution >= 0.6 is 11.3 Å². The van der Waals surface area contributed by atoms with Gasteiger partial charge in [-0.25, -0.2) is 0 Å². The van der Waals surface area contributed by atoms with Gasteiger partial charge in [0.2, 0.25) is 0 Å². The van der Waals surface area contributed by atoms with Crippen LogP contribution in [-0.2, 0) is 14.3 Å². The average molecular weight is 536 g/mol. The Labute approximate surface area is 223 Å². The standard InChI is InChI=1S/C21H31N5O3S.C5H10O2/c1-24-14-2-4-26(5-3-14)15-12-16(29-11-8-25-6-9-28-10-7-25)18-17(13-15)30-20(19(18)22)21(23)27;1-5(2,3)7-4-6/h12-14,24H,2-11,22H2,1H3,(H2,23,27);4H,1-3H3. The van der Waals surface area contributed by atoms with Gasteiger partial charge in [0.25, 0.3) is 12.4 Å². The number of nitrogens with zero attached hydrogens (tertiary/aromatic N) is 2. The number of thiophene rings is 1. The number of piperidine rings is 1. The highest BCUT2D eigenvalue weighted by Crippen LogP contribution is 2.42. The summed E-state index contributed by atoms with van der Waals surface area (Å²) >= 11 is 1.35. The van der Waals surface area contributed by atoms with E-state index in [0.29, 0.717) is 29.7 Å². The molecule has 206 valence electrons. The fourth-order valence-corrected chi connectivity index (χ4v) is 5.38. The van der Waals surface area contributed by atoms with Crippen molar-refractivity contribution in [3.63, 3.8) is 0 Å². The Kier molecular flexibility index (Phi) is 10.4. The first-order valence-corrected chi connectivity index (χ1v) is 13.6. The van der Waals surface area contributed by atoms with E-state index in [1.165, 1.54) is 11.3 Å². The maximum absolute atomic E-state index is 11.9. The molecule has 0 saturated carbocycles. The molecule has 2 aromatic rings. The second-order valence-corrected chi connectivity index (χ2v) is 11.3. The highest BCUT2D eigenvalue weighted by molar-refractivity contribution is 7.21. The van der Waals surface area contributed by atoms with Crippen molar-refractivity contribution < 1.29 is 23.8 Å². The minimum Gasteiger partial charge on any atom is -0.491 e. The molecule has 10 nitrogen and oxygen atoms in total. The number of carbonyl (C=O) groups excluding carboxylic acids is 2. The van der Waals surface area contributed by atoms with Gasteiger partial charge in [-0.3, -0.25) is 14.5 Å². The molecular weight excluding hydrogens is 494 g/mol. The van der Waals surface area contributed by atoms with Crippen LogP contribution in [-0.4, -0.2) is 88.5 Å². The van der Waals surface area contributed by atoms with Crippen LogP contribution < -0.4 is 26.4 Å². The van der Waals surface area contributed by atoms with Gasteiger partial charge < -0.3 is 35.9 Å². The third-order valence-electron chi connectivity index (χ3n) is 6.44. The number of nitrogens with two attached hydrogens (primary N) is 2. The predicted molar refractivity (Wildman–Crippen MR) is 149 cm³/mol. The molecule has 11 heteroatoms. The molecule has 2 aliphatic heterocycles. The monoisotopic (exact) mass is 535 g/mol. The van der Waals surface area contributed by atoms with E-state index in [1.807, 2.05) is 27.8 Å². The number of rotatable bonds is 8. The van der Waals surface area contributed by atoms with Crippen LogP contribution in [0.3, 0.4) is 0 Å². The number of anilines is 2. The van der Waals surface area contributed by atoms with E-state index in [1.54, 1.807) is 0 Å². The van der Waals surface area contributed by atoms with Crippen LogP contribution in [0, 0.1) is 0 Å². The minimum atomic E-state index is -0.496. The molecule has 0 radical (unpaired) electrons. The first-order valence-electron chi connectivity index (χ1n) is 12.8. The van der Waals surface area contributed by atoms with Crippen LogP contribution in [0.5, 0.6) is 5.75 Å². The van der Waals surface area contributed by atoms with Gasteiger partial charge in [-0.05, 0) is 46.7 Å². The fourth-order valence-electron chi connectivity index (χ4n) is 4.36. The third-order valence-corrected chi connectivity index (χ3v) is 7.61. The highest BCUT2D eigenvalue weighted by Gasteiger charge is 2.23. The van der Waals surface area contributed by atoms with E-state index >= 15 is 0 Å². The van der Waals surface area contributed by atoms with E-state index in [2.05, 4.69) is 32.0 Å². The summed E-state index contributed by atoms with van der Waals surface area (Å²) in [6.45, 7) is 12.6. The Bertz CT molecular complexity index is 1040. The van der Waals surface area contributed by atoms with Gasteiger partial charge in [0.1, 0.15) is 22.8 Å². The van der Waals surface area contributed by atoms with E-state index in [-0.39, 0.29) is 5.60 Å². The molecule has 37 heavy (non-hydrogen) atoms. The maximum atomic E-state index is 11.9. The number of benzene rings is 1. The lowest BCUT2D eigenvalue weighted by Crippen LogP contribution is -2.41. The Hall–Kier alpha value is -2.60. The number of carbonyl (C=O) groups is 2. The number of hydrogen-bond acceptors (Lipinski definition) is 10. The van der Waals surface area contributed by atoms with Gasteiger partial charge in [-0.15, -0.1) is 11.3 Å². The number of amides is 1. The summed E-state index contributed by atoms with van der Waals surface area (Å²) in [5.74, 6) is 0.233. The van der Waals surface area contributed by atoms with Gasteiger partial charge in [0.05, 0.1) is 24.3 Å². The lowest BCUT2D eigenvalue weighted by molar-refractivity contribution is -0.138. The van der Waals surface area contributed by atoms with Crippen LogP contribution in [0.1, 0.15) is 43.3 Å². The van der Waals surface area contributed by atoms with Gasteiger partial charge in [0, 0.05) is 55.2 Å². The summed E-state index contributed by atoms with van der Waals surface area (Å²) in [5.41, 5.74) is 13.1. The van der Waals surface area contributed by atoms with Crippen LogP contribution in [0.2, 0.25) is 0 Å². The number of hydrogen-bond donors (Lipinski definition) is 3. The van der Waals surface area contributed by atoms with E-state index in [4.69, 9.17) is 20.9 Å². The molecule has 0 spiro atoms. The largest absolute Gasteiger partial charge is 0.491 e. The number of nitrogen functional groups attached to an aromatic ring is 1. The van der Waals surface area contributed by atoms with Crippen molar-refractivity contribution in [3.05, 3.63) is 17.0 Å². The van der Waals surface area contributed by atoms with Crippen molar-refractivity contribution in [1.29, 1.82) is 0 Å². The molecule has 3 heterocycles. The summed E-state index contributed by atoms with van der Waals surface area (Å²) in [6.07, 6.45) is 2.20. The maximum Gasteiger partial charge on any atom is 0.293 e. The van der Waals surface area contributed by atoms with Crippen molar-refractivity contribution in [2.75, 3.05) is 70.2 Å². The molecule has 1 aromatic carbocycles. The first kappa shape index (κ1) is 29.0. The molecule has 2 fully saturated rings. The minimum absolute atomic E-state index is 0.318. The molecule has 1 amide bonds. The average Bonchev–Trinajstić information content (AvgIpc) is 3.21. The van der Waals surface area contributed by atoms with Crippen LogP contribution in [0.4, 0.5) is 11.4 Å². The van der Waals surface area contributed by atoms with Gasteiger partial charge >= 0.3 is 0 Å². The smallest absolute Gasteiger partial charge is 0.293 e. The van der Waals surface area contributed by atoms with Crippen molar-refractivity contribution >= 4 is 45.2 Å². The topological polar surface area (TPSA) is 132 Å². The Morgan fingerprint density at radius 1 is 1.22 bits per heavy atom. The summed E-state index contributed by atoms with van der Waals surface area (Å²) in [5, 5.41) is 4.16. The lowest BCUT2D eigenvalue weighted by Gasteiger charge is -2.33. The van der Waals surface area contributed by atoms with E-state index < -0.39 is 5.91 Å². The summed E-state index contributed by atoms with van der Waals surface area (Å²) in [6, 6.07) is 4.74. The molecule has 2 saturated heterocycles. The van der Waals surface area contributed by atoms with Gasteiger partial charge in [0.15, 0.2) is 0 Å². The van der Waals surface area contributed by atoms with Crippen molar-refractivity contribution in [3.8, 4) is 5.75 Å². The quantitative estimate of drug-likeness (QED) is 0.436. The molecule has 0 aliphatic carbocycles. The van der Waals surface area contributed by atoms with Crippen molar-refractivity contribution in [2.45, 2.75) is 45.3 Å². The summed E-state index contributed by atoms with van der Waals surface area (Å²) < 4.78 is 17.1. The first-order chi connectivity index (χ1) is 17.6. The van der Waals surface area contributed by atoms with Crippen molar-refractivity contribution in [2.24, 2.45) is 5.73 Å². The summed E-state index contributed by atoms with van der Waals surface area (Å²) in [4.78, 5) is 26.6. The second-order valence-electron chi connectivity index (χ2n) is 10.2. The molecule has 1 aromatic heterocycles. The molecule has 4 rings (SSSR count). The lowest BCUT2D eigenvalue weighted by atomic mass is 10.0. The third kappa shape index (κ3) is 8.19. The number of ether oxygens (including phenoxy) is 3. The zero-order valence-corrected chi connectivity index (χ0v) is 23.2. The molecular formula is C26H41N5O5S. The number of primary amides is 1. The Balaban J connectivity index is 0.000000479. The van der Waals surface area contributed by atoms with Crippen molar-refractivity contribution in [1.82, 2.24) is 10.2 Å². The number of fused-ring (bicyclic) bond motifs is 1. The Morgan fingerprint density at radius 3 is 2.43 bits per heavy atom. The molecule has 0 unspecified atom stereocenters. The van der Waals surface area contributed by atoms with Crippen LogP contribution in [0.15, 0.2) is 12.1 Å². The second kappa shape index (κ2) is 13.3. The van der Waals surface area contributed by atoms with Crippen LogP contribution in [0.25, 0.3) is 10.1 Å². The van der Waals surface area contributed by atoms with Gasteiger partial charge in [-0.1, -0.05) is 0 Å². The fraction of sp³-hybridized carbons (Fsp3) is 0.615. The Morgan fingerprint density at radius 2 is 1.89 bits per heavy atom. The molecule has 0 atom stereocenters. The zero-order valence-electron chi connectivity index (χ0n) is 22.4. The highest BCUT2D eigenvalue weighted by atomic mass is 32.1. The molecule has 5 N–H and O–H groups in total. The SMILES string of the molecule is CC(C)(C)OC=O.CNC1CCN(c2cc(OCCN3CCOCC3)c3c(N)c(C(N)=O)sc3c2)CC1. The summed E-state index contributed by atoms with van der Waals surface area (Å²) in [7, 11) is 2.02.